The van der Waals surface area contributed by atoms with Gasteiger partial charge in [-0.15, -0.1) is 13.2 Å². The van der Waals surface area contributed by atoms with Crippen molar-refractivity contribution in [2.75, 3.05) is 23.8 Å². The number of fused-ring (bicyclic) bond motifs is 1. The number of imidazole rings is 1. The quantitative estimate of drug-likeness (QED) is 0.729. The maximum atomic E-state index is 4.19. The van der Waals surface area contributed by atoms with Gasteiger partial charge in [0, 0.05) is 13.1 Å². The normalized spacial score (nSPS) is 10.1. The van der Waals surface area contributed by atoms with Crippen molar-refractivity contribution in [2.45, 2.75) is 0 Å². The molecule has 6 heteroatoms. The van der Waals surface area contributed by atoms with E-state index in [4.69, 9.17) is 0 Å². The zero-order chi connectivity index (χ0) is 12.1. The Labute approximate surface area is 99.1 Å². The minimum atomic E-state index is 0.638. The lowest BCUT2D eigenvalue weighted by Gasteiger charge is -2.08. The fourth-order valence-corrected chi connectivity index (χ4v) is 1.44. The summed E-state index contributed by atoms with van der Waals surface area (Å²) in [6.07, 6.45) is 6.69. The number of anilines is 1. The molecular formula is C11H14N6. The van der Waals surface area contributed by atoms with Gasteiger partial charge in [0.1, 0.15) is 12.7 Å². The van der Waals surface area contributed by atoms with E-state index in [1.807, 2.05) is 0 Å². The largest absolute Gasteiger partial charge is 0.365 e. The Hall–Kier alpha value is -2.37. The van der Waals surface area contributed by atoms with Gasteiger partial charge in [-0.25, -0.2) is 19.6 Å². The van der Waals surface area contributed by atoms with Crippen LogP contribution in [0.15, 0.2) is 38.0 Å². The van der Waals surface area contributed by atoms with Crippen LogP contribution in [0, 0.1) is 0 Å². The summed E-state index contributed by atoms with van der Waals surface area (Å²) in [6.45, 7) is 8.59. The number of rotatable bonds is 6. The summed E-state index contributed by atoms with van der Waals surface area (Å²) in [5.41, 5.74) is 4.58. The fraction of sp³-hybridized carbons (Fsp3) is 0.182. The van der Waals surface area contributed by atoms with Gasteiger partial charge in [-0.05, 0) is 0 Å². The molecule has 0 spiro atoms. The Balaban J connectivity index is 2.39. The fourth-order valence-electron chi connectivity index (χ4n) is 1.44. The second kappa shape index (κ2) is 5.11. The van der Waals surface area contributed by atoms with Crippen LogP contribution in [0.4, 0.5) is 5.82 Å². The van der Waals surface area contributed by atoms with Crippen LogP contribution in [0.1, 0.15) is 0 Å². The highest BCUT2D eigenvalue weighted by molar-refractivity contribution is 5.83. The first-order valence-corrected chi connectivity index (χ1v) is 5.24. The molecule has 2 N–H and O–H groups in total. The van der Waals surface area contributed by atoms with Gasteiger partial charge in [-0.3, -0.25) is 0 Å². The Morgan fingerprint density at radius 1 is 1.18 bits per heavy atom. The molecule has 0 atom stereocenters. The van der Waals surface area contributed by atoms with Gasteiger partial charge in [-0.2, -0.15) is 0 Å². The predicted molar refractivity (Wildman–Crippen MR) is 68.4 cm³/mol. The first-order valence-electron chi connectivity index (χ1n) is 5.24. The highest BCUT2D eigenvalue weighted by Crippen LogP contribution is 2.16. The van der Waals surface area contributed by atoms with Crippen LogP contribution in [-0.4, -0.2) is 32.7 Å². The summed E-state index contributed by atoms with van der Waals surface area (Å²) in [5, 5.41) is 3.14. The lowest BCUT2D eigenvalue weighted by atomic mass is 10.4. The standard InChI is InChI=1S/C11H14N6/c1-3-5-12-10-9-11(14-7-13-10)15-8-17(9)16-6-4-2/h3-4,7-8,16H,1-2,5-6H2,(H,12,13,14). The lowest BCUT2D eigenvalue weighted by Crippen LogP contribution is -2.14. The number of hydrogen-bond donors (Lipinski definition) is 2. The van der Waals surface area contributed by atoms with E-state index in [-0.39, 0.29) is 0 Å². The molecule has 0 saturated heterocycles. The van der Waals surface area contributed by atoms with Crippen LogP contribution in [-0.2, 0) is 0 Å². The van der Waals surface area contributed by atoms with E-state index in [1.54, 1.807) is 23.2 Å². The molecule has 0 unspecified atom stereocenters. The maximum absolute atomic E-state index is 4.19. The molecule has 88 valence electrons. The van der Waals surface area contributed by atoms with Crippen molar-refractivity contribution in [3.8, 4) is 0 Å². The molecule has 17 heavy (non-hydrogen) atoms. The molecule has 0 aliphatic rings. The van der Waals surface area contributed by atoms with Gasteiger partial charge < -0.3 is 10.7 Å². The maximum Gasteiger partial charge on any atom is 0.185 e. The smallest absolute Gasteiger partial charge is 0.185 e. The number of nitrogens with one attached hydrogen (secondary N) is 2. The molecule has 2 rings (SSSR count). The summed E-state index contributed by atoms with van der Waals surface area (Å²) in [4.78, 5) is 12.5. The zero-order valence-corrected chi connectivity index (χ0v) is 9.43. The SMILES string of the molecule is C=CCNc1ncnc2ncn(NCC=C)c12. The topological polar surface area (TPSA) is 67.7 Å². The minimum Gasteiger partial charge on any atom is -0.365 e. The van der Waals surface area contributed by atoms with Gasteiger partial charge in [0.2, 0.25) is 0 Å². The first kappa shape index (κ1) is 11.1. The highest BCUT2D eigenvalue weighted by atomic mass is 15.4. The summed E-state index contributed by atoms with van der Waals surface area (Å²) in [6, 6.07) is 0. The van der Waals surface area contributed by atoms with Gasteiger partial charge in [0.15, 0.2) is 17.0 Å². The Bertz CT molecular complexity index is 530. The van der Waals surface area contributed by atoms with E-state index in [0.717, 1.165) is 11.3 Å². The summed E-state index contributed by atoms with van der Waals surface area (Å²) < 4.78 is 1.78. The molecule has 0 radical (unpaired) electrons. The van der Waals surface area contributed by atoms with Crippen molar-refractivity contribution in [1.29, 1.82) is 0 Å². The van der Waals surface area contributed by atoms with Gasteiger partial charge in [-0.1, -0.05) is 12.2 Å². The monoisotopic (exact) mass is 230 g/mol. The molecule has 6 nitrogen and oxygen atoms in total. The Morgan fingerprint density at radius 3 is 2.76 bits per heavy atom. The van der Waals surface area contributed by atoms with Crippen molar-refractivity contribution in [2.24, 2.45) is 0 Å². The molecule has 0 amide bonds. The number of nitrogens with zero attached hydrogens (tertiary/aromatic N) is 4. The van der Waals surface area contributed by atoms with Crippen LogP contribution in [0.25, 0.3) is 11.2 Å². The molecule has 0 aliphatic heterocycles. The minimum absolute atomic E-state index is 0.638. The van der Waals surface area contributed by atoms with E-state index < -0.39 is 0 Å². The van der Waals surface area contributed by atoms with Crippen molar-refractivity contribution in [3.05, 3.63) is 38.0 Å². The van der Waals surface area contributed by atoms with E-state index in [0.29, 0.717) is 18.7 Å². The second-order valence-electron chi connectivity index (χ2n) is 3.33. The Morgan fingerprint density at radius 2 is 2.00 bits per heavy atom. The van der Waals surface area contributed by atoms with Crippen molar-refractivity contribution >= 4 is 17.0 Å². The molecule has 0 aromatic carbocycles. The number of hydrogen-bond acceptors (Lipinski definition) is 5. The summed E-state index contributed by atoms with van der Waals surface area (Å²) >= 11 is 0. The Kier molecular flexibility index (Phi) is 3.34. The highest BCUT2D eigenvalue weighted by Gasteiger charge is 2.09. The zero-order valence-electron chi connectivity index (χ0n) is 9.43. The molecule has 0 saturated carbocycles. The van der Waals surface area contributed by atoms with Crippen LogP contribution < -0.4 is 10.7 Å². The molecule has 2 heterocycles. The van der Waals surface area contributed by atoms with Crippen LogP contribution in [0.3, 0.4) is 0 Å². The lowest BCUT2D eigenvalue weighted by molar-refractivity contribution is 0.914. The third-order valence-corrected chi connectivity index (χ3v) is 2.16. The van der Waals surface area contributed by atoms with Crippen LogP contribution in [0.5, 0.6) is 0 Å². The summed E-state index contributed by atoms with van der Waals surface area (Å²) in [5.74, 6) is 0.726. The molecule has 0 fully saturated rings. The van der Waals surface area contributed by atoms with Gasteiger partial charge >= 0.3 is 0 Å². The van der Waals surface area contributed by atoms with Crippen LogP contribution >= 0.6 is 0 Å². The number of aromatic nitrogens is 4. The second-order valence-corrected chi connectivity index (χ2v) is 3.33. The van der Waals surface area contributed by atoms with E-state index >= 15 is 0 Å². The molecular weight excluding hydrogens is 216 g/mol. The average Bonchev–Trinajstić information content (AvgIpc) is 2.77. The third-order valence-electron chi connectivity index (χ3n) is 2.16. The van der Waals surface area contributed by atoms with Gasteiger partial charge in [0.25, 0.3) is 0 Å². The average molecular weight is 230 g/mol. The van der Waals surface area contributed by atoms with Gasteiger partial charge in [0.05, 0.1) is 0 Å². The van der Waals surface area contributed by atoms with Crippen molar-refractivity contribution < 1.29 is 0 Å². The summed E-state index contributed by atoms with van der Waals surface area (Å²) in [7, 11) is 0. The third kappa shape index (κ3) is 2.25. The van der Waals surface area contributed by atoms with Crippen LogP contribution in [0.2, 0.25) is 0 Å². The molecule has 2 aromatic rings. The van der Waals surface area contributed by atoms with Crippen molar-refractivity contribution in [3.63, 3.8) is 0 Å². The van der Waals surface area contributed by atoms with E-state index in [1.165, 1.54) is 6.33 Å². The molecule has 0 aliphatic carbocycles. The van der Waals surface area contributed by atoms with E-state index in [9.17, 15) is 0 Å². The predicted octanol–water partition coefficient (Wildman–Crippen LogP) is 1.15. The van der Waals surface area contributed by atoms with E-state index in [2.05, 4.69) is 38.9 Å². The molecule has 0 bridgehead atoms. The first-order chi connectivity index (χ1) is 8.36. The van der Waals surface area contributed by atoms with Crippen molar-refractivity contribution in [1.82, 2.24) is 19.6 Å². The molecule has 2 aromatic heterocycles.